The molecule has 0 saturated heterocycles. The Bertz CT molecular complexity index is 467. The Labute approximate surface area is 117 Å². The second-order valence-electron chi connectivity index (χ2n) is 4.48. The minimum absolute atomic E-state index is 0.0394. The van der Waals surface area contributed by atoms with Crippen LogP contribution in [0.25, 0.3) is 0 Å². The number of hydrogen-bond donors (Lipinski definition) is 2. The molecule has 19 heavy (non-hydrogen) atoms. The third-order valence-electron chi connectivity index (χ3n) is 2.75. The zero-order valence-electron chi connectivity index (χ0n) is 11.0. The molecule has 2 rings (SSSR count). The fraction of sp³-hybridized carbons (Fsp3) is 0.333. The molecule has 4 heteroatoms. The lowest BCUT2D eigenvalue weighted by atomic mass is 10.1. The number of hydrogen-bond acceptors (Lipinski definition) is 4. The Morgan fingerprint density at radius 3 is 2.68 bits per heavy atom. The smallest absolute Gasteiger partial charge is 0.119 e. The van der Waals surface area contributed by atoms with E-state index in [9.17, 15) is 0 Å². The van der Waals surface area contributed by atoms with Crippen molar-refractivity contribution in [1.29, 1.82) is 0 Å². The summed E-state index contributed by atoms with van der Waals surface area (Å²) in [4.78, 5) is 0. The number of benzene rings is 1. The molecule has 3 nitrogen and oxygen atoms in total. The van der Waals surface area contributed by atoms with E-state index in [2.05, 4.69) is 29.1 Å². The number of rotatable bonds is 7. The van der Waals surface area contributed by atoms with Crippen molar-refractivity contribution in [3.63, 3.8) is 0 Å². The van der Waals surface area contributed by atoms with Crippen LogP contribution in [0.5, 0.6) is 5.75 Å². The molecular weight excluding hydrogens is 258 g/mol. The van der Waals surface area contributed by atoms with Gasteiger partial charge in [-0.05, 0) is 60.0 Å². The summed E-state index contributed by atoms with van der Waals surface area (Å²) >= 11 is 1.73. The SMILES string of the molecule is CC(Cc1ccsc1)Nc1ccc(OCCO)cc1. The summed E-state index contributed by atoms with van der Waals surface area (Å²) in [5.74, 6) is 0.782. The lowest BCUT2D eigenvalue weighted by Gasteiger charge is -2.15. The molecule has 0 aliphatic heterocycles. The van der Waals surface area contributed by atoms with Crippen LogP contribution in [-0.2, 0) is 6.42 Å². The normalized spacial score (nSPS) is 12.1. The maximum absolute atomic E-state index is 8.69. The van der Waals surface area contributed by atoms with Crippen LogP contribution in [0.4, 0.5) is 5.69 Å². The third kappa shape index (κ3) is 4.58. The molecule has 1 aromatic carbocycles. The highest BCUT2D eigenvalue weighted by Crippen LogP contribution is 2.17. The van der Waals surface area contributed by atoms with E-state index in [0.717, 1.165) is 17.9 Å². The molecule has 2 aromatic rings. The predicted molar refractivity (Wildman–Crippen MR) is 80.1 cm³/mol. The van der Waals surface area contributed by atoms with Gasteiger partial charge in [-0.25, -0.2) is 0 Å². The van der Waals surface area contributed by atoms with Crippen LogP contribution in [0.2, 0.25) is 0 Å². The van der Waals surface area contributed by atoms with Gasteiger partial charge in [0.1, 0.15) is 12.4 Å². The molecule has 0 radical (unpaired) electrons. The van der Waals surface area contributed by atoms with E-state index in [1.54, 1.807) is 11.3 Å². The summed E-state index contributed by atoms with van der Waals surface area (Å²) in [7, 11) is 0. The average Bonchev–Trinajstić information content (AvgIpc) is 2.90. The largest absolute Gasteiger partial charge is 0.491 e. The van der Waals surface area contributed by atoms with Gasteiger partial charge in [0.15, 0.2) is 0 Å². The topological polar surface area (TPSA) is 41.5 Å². The quantitative estimate of drug-likeness (QED) is 0.817. The standard InChI is InChI=1S/C15H19NO2S/c1-12(10-13-6-9-19-11-13)16-14-2-4-15(5-3-14)18-8-7-17/h2-6,9,11-12,16-17H,7-8,10H2,1H3. The van der Waals surface area contributed by atoms with Crippen molar-refractivity contribution in [3.05, 3.63) is 46.7 Å². The molecule has 102 valence electrons. The van der Waals surface area contributed by atoms with Crippen LogP contribution in [0.15, 0.2) is 41.1 Å². The molecule has 0 amide bonds. The van der Waals surface area contributed by atoms with Gasteiger partial charge in [-0.15, -0.1) is 0 Å². The van der Waals surface area contributed by atoms with Gasteiger partial charge in [0.2, 0.25) is 0 Å². The molecular formula is C15H19NO2S. The minimum atomic E-state index is 0.0394. The van der Waals surface area contributed by atoms with E-state index in [4.69, 9.17) is 9.84 Å². The molecule has 1 heterocycles. The minimum Gasteiger partial charge on any atom is -0.491 e. The number of ether oxygens (including phenoxy) is 1. The van der Waals surface area contributed by atoms with Crippen molar-refractivity contribution in [2.45, 2.75) is 19.4 Å². The van der Waals surface area contributed by atoms with Gasteiger partial charge in [0.25, 0.3) is 0 Å². The second kappa shape index (κ2) is 7.16. The van der Waals surface area contributed by atoms with Gasteiger partial charge in [-0.3, -0.25) is 0 Å². The van der Waals surface area contributed by atoms with Gasteiger partial charge in [-0.2, -0.15) is 11.3 Å². The molecule has 0 bridgehead atoms. The number of nitrogens with one attached hydrogen (secondary N) is 1. The lowest BCUT2D eigenvalue weighted by Crippen LogP contribution is -2.17. The van der Waals surface area contributed by atoms with Crippen LogP contribution in [0.1, 0.15) is 12.5 Å². The zero-order valence-corrected chi connectivity index (χ0v) is 11.8. The molecule has 0 fully saturated rings. The Hall–Kier alpha value is -1.52. The maximum Gasteiger partial charge on any atom is 0.119 e. The molecule has 1 atom stereocenters. The second-order valence-corrected chi connectivity index (χ2v) is 5.26. The van der Waals surface area contributed by atoms with Crippen molar-refractivity contribution in [3.8, 4) is 5.75 Å². The van der Waals surface area contributed by atoms with E-state index in [-0.39, 0.29) is 6.61 Å². The summed E-state index contributed by atoms with van der Waals surface area (Å²) < 4.78 is 5.32. The Morgan fingerprint density at radius 2 is 2.05 bits per heavy atom. The first-order valence-electron chi connectivity index (χ1n) is 6.39. The third-order valence-corrected chi connectivity index (χ3v) is 3.48. The summed E-state index contributed by atoms with van der Waals surface area (Å²) in [5.41, 5.74) is 2.45. The van der Waals surface area contributed by atoms with Crippen LogP contribution < -0.4 is 10.1 Å². The van der Waals surface area contributed by atoms with Gasteiger partial charge in [0.05, 0.1) is 6.61 Å². The van der Waals surface area contributed by atoms with E-state index in [1.807, 2.05) is 24.3 Å². The summed E-state index contributed by atoms with van der Waals surface area (Å²) in [6.45, 7) is 2.55. The average molecular weight is 277 g/mol. The van der Waals surface area contributed by atoms with Gasteiger partial charge >= 0.3 is 0 Å². The molecule has 0 aliphatic rings. The van der Waals surface area contributed by atoms with Gasteiger partial charge < -0.3 is 15.2 Å². The molecule has 1 unspecified atom stereocenters. The molecule has 1 aromatic heterocycles. The first kappa shape index (κ1) is 13.9. The zero-order chi connectivity index (χ0) is 13.5. The maximum atomic E-state index is 8.69. The monoisotopic (exact) mass is 277 g/mol. The highest BCUT2D eigenvalue weighted by Gasteiger charge is 2.04. The summed E-state index contributed by atoms with van der Waals surface area (Å²) in [6, 6.07) is 10.4. The lowest BCUT2D eigenvalue weighted by molar-refractivity contribution is 0.201. The number of aliphatic hydroxyl groups is 1. The van der Waals surface area contributed by atoms with E-state index in [0.29, 0.717) is 12.6 Å². The highest BCUT2D eigenvalue weighted by atomic mass is 32.1. The van der Waals surface area contributed by atoms with Crippen LogP contribution in [-0.4, -0.2) is 24.4 Å². The van der Waals surface area contributed by atoms with Crippen LogP contribution >= 0.6 is 11.3 Å². The first-order valence-corrected chi connectivity index (χ1v) is 7.33. The van der Waals surface area contributed by atoms with Crippen molar-refractivity contribution in [1.82, 2.24) is 0 Å². The number of thiophene rings is 1. The molecule has 0 aliphatic carbocycles. The first-order chi connectivity index (χ1) is 9.28. The summed E-state index contributed by atoms with van der Waals surface area (Å²) in [6.07, 6.45) is 1.02. The predicted octanol–water partition coefficient (Wildman–Crippen LogP) is 3.16. The molecule has 0 saturated carbocycles. The number of aliphatic hydroxyl groups excluding tert-OH is 1. The summed E-state index contributed by atoms with van der Waals surface area (Å²) in [5, 5.41) is 16.4. The Balaban J connectivity index is 1.84. The van der Waals surface area contributed by atoms with Crippen molar-refractivity contribution in [2.75, 3.05) is 18.5 Å². The van der Waals surface area contributed by atoms with Crippen molar-refractivity contribution in [2.24, 2.45) is 0 Å². The van der Waals surface area contributed by atoms with Crippen molar-refractivity contribution < 1.29 is 9.84 Å². The molecule has 0 spiro atoms. The van der Waals surface area contributed by atoms with Crippen LogP contribution in [0.3, 0.4) is 0 Å². The molecule has 2 N–H and O–H groups in total. The van der Waals surface area contributed by atoms with Crippen molar-refractivity contribution >= 4 is 17.0 Å². The Kier molecular flexibility index (Phi) is 5.24. The van der Waals surface area contributed by atoms with E-state index < -0.39 is 0 Å². The number of anilines is 1. The van der Waals surface area contributed by atoms with Gasteiger partial charge in [-0.1, -0.05) is 0 Å². The van der Waals surface area contributed by atoms with E-state index >= 15 is 0 Å². The highest BCUT2D eigenvalue weighted by molar-refractivity contribution is 7.07. The van der Waals surface area contributed by atoms with Crippen LogP contribution in [0, 0.1) is 0 Å². The Morgan fingerprint density at radius 1 is 1.26 bits per heavy atom. The van der Waals surface area contributed by atoms with E-state index in [1.165, 1.54) is 5.56 Å². The fourth-order valence-electron chi connectivity index (χ4n) is 1.91. The van der Waals surface area contributed by atoms with Gasteiger partial charge in [0, 0.05) is 11.7 Å². The fourth-order valence-corrected chi connectivity index (χ4v) is 2.59.